The van der Waals surface area contributed by atoms with Crippen molar-refractivity contribution >= 4 is 11.2 Å². The molecule has 29 heavy (non-hydrogen) atoms. The number of rotatable bonds is 4. The van der Waals surface area contributed by atoms with Crippen LogP contribution in [0.1, 0.15) is 5.56 Å². The second kappa shape index (κ2) is 8.11. The number of nitrogens with zero attached hydrogens (tertiary/aromatic N) is 1. The first-order valence-corrected chi connectivity index (χ1v) is 10.9. The molecule has 4 heteroatoms. The first-order valence-electron chi connectivity index (χ1n) is 9.37. The molecular formula is C25H21NO2S. The molecule has 0 aliphatic carbocycles. The third-order valence-corrected chi connectivity index (χ3v) is 5.94. The van der Waals surface area contributed by atoms with E-state index in [1.807, 2.05) is 91.9 Å². The zero-order valence-corrected chi connectivity index (χ0v) is 17.1. The highest BCUT2D eigenvalue weighted by atomic mass is 32.2. The van der Waals surface area contributed by atoms with Gasteiger partial charge in [0.1, 0.15) is 6.26 Å². The molecule has 0 radical (unpaired) electrons. The van der Waals surface area contributed by atoms with E-state index in [1.54, 1.807) is 12.3 Å². The topological polar surface area (TPSA) is 45.1 Å². The fourth-order valence-corrected chi connectivity index (χ4v) is 4.04. The highest BCUT2D eigenvalue weighted by Gasteiger charge is 2.17. The van der Waals surface area contributed by atoms with Gasteiger partial charge >= 0.3 is 0 Å². The molecular weight excluding hydrogens is 378 g/mol. The maximum Gasteiger partial charge on any atom is 0.185 e. The summed E-state index contributed by atoms with van der Waals surface area (Å²) in [6, 6.07) is 29.2. The minimum atomic E-state index is -1.04. The van der Waals surface area contributed by atoms with E-state index < -0.39 is 11.2 Å². The van der Waals surface area contributed by atoms with E-state index in [0.29, 0.717) is 5.56 Å². The minimum absolute atomic E-state index is 0.00485. The van der Waals surface area contributed by atoms with Gasteiger partial charge in [0.2, 0.25) is 0 Å². The lowest BCUT2D eigenvalue weighted by molar-refractivity contribution is 0.601. The zero-order valence-electron chi connectivity index (χ0n) is 16.3. The molecule has 0 saturated carbocycles. The van der Waals surface area contributed by atoms with Crippen molar-refractivity contribution in [3.8, 4) is 28.2 Å². The maximum absolute atomic E-state index is 12.9. The molecule has 0 aliphatic rings. The highest BCUT2D eigenvalue weighted by molar-refractivity contribution is 7.90. The third-order valence-electron chi connectivity index (χ3n) is 5.00. The Hall–Kier alpha value is -3.08. The van der Waals surface area contributed by atoms with Crippen LogP contribution in [0.4, 0.5) is 0 Å². The van der Waals surface area contributed by atoms with Crippen molar-refractivity contribution in [1.82, 2.24) is 4.57 Å². The molecule has 0 fully saturated rings. The summed E-state index contributed by atoms with van der Waals surface area (Å²) in [4.78, 5) is 13.7. The molecule has 0 N–H and O–H groups in total. The van der Waals surface area contributed by atoms with Gasteiger partial charge in [-0.3, -0.25) is 4.79 Å². The van der Waals surface area contributed by atoms with Gasteiger partial charge < -0.3 is 9.12 Å². The zero-order chi connectivity index (χ0) is 20.4. The van der Waals surface area contributed by atoms with Gasteiger partial charge in [-0.05, 0) is 53.5 Å². The summed E-state index contributed by atoms with van der Waals surface area (Å²) >= 11 is -1.04. The largest absolute Gasteiger partial charge is 0.612 e. The van der Waals surface area contributed by atoms with E-state index in [-0.39, 0.29) is 5.43 Å². The summed E-state index contributed by atoms with van der Waals surface area (Å²) in [5.74, 6) is 0. The Balaban J connectivity index is 2.07. The quantitative estimate of drug-likeness (QED) is 0.442. The van der Waals surface area contributed by atoms with Gasteiger partial charge in [-0.2, -0.15) is 0 Å². The normalized spacial score (nSPS) is 12.0. The number of aromatic nitrogens is 1. The van der Waals surface area contributed by atoms with Crippen LogP contribution in [0.15, 0.2) is 101 Å². The van der Waals surface area contributed by atoms with E-state index in [9.17, 15) is 9.35 Å². The molecule has 0 bridgehead atoms. The van der Waals surface area contributed by atoms with Crippen LogP contribution in [-0.4, -0.2) is 15.4 Å². The summed E-state index contributed by atoms with van der Waals surface area (Å²) in [6.07, 6.45) is 1.67. The predicted molar refractivity (Wildman–Crippen MR) is 120 cm³/mol. The lowest BCUT2D eigenvalue weighted by atomic mass is 10.0. The Morgan fingerprint density at radius 3 is 1.90 bits per heavy atom. The van der Waals surface area contributed by atoms with E-state index in [2.05, 4.69) is 4.57 Å². The Bertz CT molecular complexity index is 1180. The molecule has 144 valence electrons. The standard InChI is InChI=1S/C25H21NO2S/c1-18-24(27)17-23(19-9-5-3-6-10-19)26(25(18)20-11-7-4-8-12-20)21-13-15-22(16-14-21)29(2)28/h3-17H,1-2H3. The van der Waals surface area contributed by atoms with Gasteiger partial charge in [-0.15, -0.1) is 0 Å². The summed E-state index contributed by atoms with van der Waals surface area (Å²) in [5, 5.41) is 0. The van der Waals surface area contributed by atoms with Crippen molar-refractivity contribution in [2.45, 2.75) is 11.8 Å². The molecule has 0 saturated heterocycles. The Labute approximate surface area is 173 Å². The van der Waals surface area contributed by atoms with Crippen LogP contribution in [0.5, 0.6) is 0 Å². The lowest BCUT2D eigenvalue weighted by Crippen LogP contribution is -2.15. The number of pyridine rings is 1. The van der Waals surface area contributed by atoms with Gasteiger partial charge in [-0.1, -0.05) is 60.7 Å². The summed E-state index contributed by atoms with van der Waals surface area (Å²) < 4.78 is 13.9. The van der Waals surface area contributed by atoms with E-state index in [1.165, 1.54) is 0 Å². The van der Waals surface area contributed by atoms with Gasteiger partial charge in [-0.25, -0.2) is 0 Å². The molecule has 1 aromatic heterocycles. The van der Waals surface area contributed by atoms with Gasteiger partial charge in [0.15, 0.2) is 10.3 Å². The number of hydrogen-bond donors (Lipinski definition) is 0. The van der Waals surface area contributed by atoms with Crippen molar-refractivity contribution in [1.29, 1.82) is 0 Å². The summed E-state index contributed by atoms with van der Waals surface area (Å²) in [6.45, 7) is 1.87. The Morgan fingerprint density at radius 2 is 1.34 bits per heavy atom. The number of benzene rings is 3. The van der Waals surface area contributed by atoms with Crippen LogP contribution in [0.25, 0.3) is 28.2 Å². The van der Waals surface area contributed by atoms with Crippen LogP contribution in [-0.2, 0) is 11.2 Å². The maximum atomic E-state index is 12.9. The molecule has 3 nitrogen and oxygen atoms in total. The molecule has 0 aliphatic heterocycles. The average molecular weight is 400 g/mol. The second-order valence-corrected chi connectivity index (χ2v) is 8.26. The van der Waals surface area contributed by atoms with Gasteiger partial charge in [0, 0.05) is 17.3 Å². The smallest absolute Gasteiger partial charge is 0.185 e. The van der Waals surface area contributed by atoms with Crippen molar-refractivity contribution in [2.24, 2.45) is 0 Å². The van der Waals surface area contributed by atoms with Gasteiger partial charge in [0.25, 0.3) is 0 Å². The first kappa shape index (κ1) is 19.2. The van der Waals surface area contributed by atoms with E-state index in [0.717, 1.165) is 33.1 Å². The fraction of sp³-hybridized carbons (Fsp3) is 0.0800. The van der Waals surface area contributed by atoms with Crippen molar-refractivity contribution in [3.05, 3.63) is 107 Å². The predicted octanol–water partition coefficient (Wildman–Crippen LogP) is 5.22. The Kier molecular flexibility index (Phi) is 5.38. The molecule has 1 heterocycles. The Morgan fingerprint density at radius 1 is 0.793 bits per heavy atom. The van der Waals surface area contributed by atoms with E-state index >= 15 is 0 Å². The molecule has 1 atom stereocenters. The molecule has 4 aromatic rings. The average Bonchev–Trinajstić information content (AvgIpc) is 2.76. The van der Waals surface area contributed by atoms with Gasteiger partial charge in [0.05, 0.1) is 11.4 Å². The molecule has 0 amide bonds. The molecule has 4 rings (SSSR count). The summed E-state index contributed by atoms with van der Waals surface area (Å²) in [7, 11) is 0. The second-order valence-electron chi connectivity index (χ2n) is 6.88. The monoisotopic (exact) mass is 399 g/mol. The summed E-state index contributed by atoms with van der Waals surface area (Å²) in [5.41, 5.74) is 5.24. The van der Waals surface area contributed by atoms with Crippen LogP contribution in [0.2, 0.25) is 0 Å². The fourth-order valence-electron chi connectivity index (χ4n) is 3.52. The lowest BCUT2D eigenvalue weighted by Gasteiger charge is -2.21. The van der Waals surface area contributed by atoms with Crippen molar-refractivity contribution < 1.29 is 4.55 Å². The van der Waals surface area contributed by atoms with Crippen LogP contribution >= 0.6 is 0 Å². The number of hydrogen-bond acceptors (Lipinski definition) is 2. The third kappa shape index (κ3) is 3.77. The first-order chi connectivity index (χ1) is 14.1. The minimum Gasteiger partial charge on any atom is -0.612 e. The SMILES string of the molecule is Cc1c(-c2ccccc2)n(-c2ccc([S+](C)[O-])cc2)c(-c2ccccc2)cc1=O. The van der Waals surface area contributed by atoms with E-state index in [4.69, 9.17) is 0 Å². The molecule has 0 spiro atoms. The molecule has 3 aromatic carbocycles. The highest BCUT2D eigenvalue weighted by Crippen LogP contribution is 2.31. The molecule has 1 unspecified atom stereocenters. The van der Waals surface area contributed by atoms with Crippen molar-refractivity contribution in [3.63, 3.8) is 0 Å². The van der Waals surface area contributed by atoms with Crippen molar-refractivity contribution in [2.75, 3.05) is 6.26 Å². The van der Waals surface area contributed by atoms with Crippen LogP contribution in [0.3, 0.4) is 0 Å². The van der Waals surface area contributed by atoms with Crippen LogP contribution < -0.4 is 5.43 Å². The van der Waals surface area contributed by atoms with Crippen LogP contribution in [0, 0.1) is 6.92 Å².